The number of nitrogens with one attached hydrogen (secondary N) is 2. The number of carboxylic acids is 1. The van der Waals surface area contributed by atoms with E-state index in [1.807, 2.05) is 29.2 Å². The van der Waals surface area contributed by atoms with Gasteiger partial charge in [-0.2, -0.15) is 5.43 Å². The number of anilines is 1. The van der Waals surface area contributed by atoms with Gasteiger partial charge in [-0.15, -0.1) is 34.9 Å². The van der Waals surface area contributed by atoms with Crippen molar-refractivity contribution < 1.29 is 29.0 Å². The summed E-state index contributed by atoms with van der Waals surface area (Å²) in [6.07, 6.45) is 4.79. The number of nitrogen functional groups attached to an aromatic ring is 1. The third kappa shape index (κ3) is 5.83. The second kappa shape index (κ2) is 11.8. The zero-order valence-corrected chi connectivity index (χ0v) is 22.5. The highest BCUT2D eigenvalue weighted by Crippen LogP contribution is 2.41. The quantitative estimate of drug-likeness (QED) is 0.107. The summed E-state index contributed by atoms with van der Waals surface area (Å²) in [5, 5.41) is 19.6. The van der Waals surface area contributed by atoms with Crippen LogP contribution in [0, 0.1) is 0 Å². The van der Waals surface area contributed by atoms with Gasteiger partial charge in [-0.1, -0.05) is 16.8 Å². The number of nitrogens with two attached hydrogens (primary N) is 1. The highest BCUT2D eigenvalue weighted by molar-refractivity contribution is 8.01. The van der Waals surface area contributed by atoms with Gasteiger partial charge in [-0.3, -0.25) is 14.5 Å². The van der Waals surface area contributed by atoms with Crippen molar-refractivity contribution in [2.24, 2.45) is 5.16 Å². The number of aromatic nitrogens is 2. The fourth-order valence-corrected chi connectivity index (χ4v) is 6.63. The fraction of sp³-hybridized carbons (Fsp3) is 0.364. The van der Waals surface area contributed by atoms with Gasteiger partial charge in [0.1, 0.15) is 24.2 Å². The van der Waals surface area contributed by atoms with Crippen LogP contribution in [0.3, 0.4) is 0 Å². The van der Waals surface area contributed by atoms with Crippen molar-refractivity contribution in [3.63, 3.8) is 0 Å². The number of thioether (sulfide) groups is 2. The summed E-state index contributed by atoms with van der Waals surface area (Å²) < 4.78 is 1.86. The van der Waals surface area contributed by atoms with E-state index in [1.54, 1.807) is 5.38 Å². The van der Waals surface area contributed by atoms with Crippen molar-refractivity contribution >= 4 is 63.5 Å². The molecule has 15 heteroatoms. The van der Waals surface area contributed by atoms with Crippen LogP contribution in [0.2, 0.25) is 0 Å². The molecule has 0 saturated carbocycles. The van der Waals surface area contributed by atoms with Gasteiger partial charge in [0.15, 0.2) is 10.8 Å². The lowest BCUT2D eigenvalue weighted by molar-refractivity contribution is -0.650. The standard InChI is InChI=1S/C22H25N7O5S3/c1-3-6-24-28-7-4-13(5-8-28)35-9-12-10-36-20-16(19(31)29(20)17(12)21(32)33)26-18(30)15(27-34-2)14-11-37-22(23)25-14/h4-5,7-8,11,16,20,24H,3,6,9-10H2,1-2H3,(H3-,23,25,26,30,32,33)/b27-15-/t16?,20-/m0/s1. The van der Waals surface area contributed by atoms with E-state index in [-0.39, 0.29) is 22.2 Å². The predicted octanol–water partition coefficient (Wildman–Crippen LogP) is -0.487. The second-order valence-electron chi connectivity index (χ2n) is 7.93. The summed E-state index contributed by atoms with van der Waals surface area (Å²) in [4.78, 5) is 48.8. The first-order valence-corrected chi connectivity index (χ1v) is 14.1. The first-order chi connectivity index (χ1) is 17.8. The van der Waals surface area contributed by atoms with Gasteiger partial charge >= 0.3 is 0 Å². The molecule has 196 valence electrons. The Kier molecular flexibility index (Phi) is 8.56. The molecule has 2 atom stereocenters. The number of fused-ring (bicyclic) bond motifs is 1. The summed E-state index contributed by atoms with van der Waals surface area (Å²) in [5.74, 6) is -1.88. The van der Waals surface area contributed by atoms with E-state index in [0.717, 1.165) is 29.2 Å². The van der Waals surface area contributed by atoms with Gasteiger partial charge in [0.05, 0.1) is 18.2 Å². The number of pyridine rings is 1. The Morgan fingerprint density at radius 3 is 2.78 bits per heavy atom. The second-order valence-corrected chi connectivity index (χ2v) is 11.0. The number of carbonyl (C=O) groups is 3. The van der Waals surface area contributed by atoms with Crippen LogP contribution < -0.4 is 26.3 Å². The predicted molar refractivity (Wildman–Crippen MR) is 139 cm³/mol. The third-order valence-electron chi connectivity index (χ3n) is 5.45. The number of carboxylic acid groups (broad SMARTS) is 1. The van der Waals surface area contributed by atoms with Gasteiger partial charge in [0.2, 0.25) is 12.4 Å². The molecule has 2 aliphatic rings. The van der Waals surface area contributed by atoms with E-state index in [2.05, 4.69) is 27.8 Å². The Morgan fingerprint density at radius 1 is 1.41 bits per heavy atom. The molecule has 12 nitrogen and oxygen atoms in total. The Balaban J connectivity index is 1.44. The summed E-state index contributed by atoms with van der Waals surface area (Å²) >= 11 is 3.98. The van der Waals surface area contributed by atoms with E-state index in [0.29, 0.717) is 17.1 Å². The molecule has 2 aromatic rings. The summed E-state index contributed by atoms with van der Waals surface area (Å²) in [6, 6.07) is 2.93. The SMILES string of the molecule is CCCN[n+]1ccc(SCC2=C(C(=O)[O-])N3C(=O)C(NC(=O)/C(=N\OC)c4csc(N)n4)[C@@H]3SC2)cc1. The molecular weight excluding hydrogens is 538 g/mol. The summed E-state index contributed by atoms with van der Waals surface area (Å²) in [5.41, 5.74) is 9.40. The Hall–Kier alpha value is -3.30. The van der Waals surface area contributed by atoms with Gasteiger partial charge in [-0.05, 0) is 12.0 Å². The van der Waals surface area contributed by atoms with Crippen molar-refractivity contribution in [2.45, 2.75) is 29.7 Å². The molecule has 2 aliphatic heterocycles. The number of amides is 2. The van der Waals surface area contributed by atoms with Crippen LogP contribution in [0.25, 0.3) is 0 Å². The van der Waals surface area contributed by atoms with E-state index < -0.39 is 29.2 Å². The van der Waals surface area contributed by atoms with Crippen LogP contribution in [0.4, 0.5) is 5.13 Å². The largest absolute Gasteiger partial charge is 0.543 e. The molecule has 1 saturated heterocycles. The van der Waals surface area contributed by atoms with E-state index >= 15 is 0 Å². The number of thiazole rings is 1. The number of hydrogen-bond donors (Lipinski definition) is 3. The van der Waals surface area contributed by atoms with Gasteiger partial charge in [0.25, 0.3) is 11.8 Å². The van der Waals surface area contributed by atoms with Crippen molar-refractivity contribution in [3.05, 3.63) is 46.9 Å². The number of oxime groups is 1. The summed E-state index contributed by atoms with van der Waals surface area (Å²) in [6.45, 7) is 2.93. The zero-order valence-electron chi connectivity index (χ0n) is 20.0. The Bertz CT molecular complexity index is 1250. The van der Waals surface area contributed by atoms with Crippen LogP contribution in [0.15, 0.2) is 51.2 Å². The molecule has 2 amide bonds. The molecular formula is C22H25N7O5S3. The molecule has 0 bridgehead atoms. The van der Waals surface area contributed by atoms with Crippen molar-refractivity contribution in [2.75, 3.05) is 36.3 Å². The monoisotopic (exact) mass is 563 g/mol. The normalized spacial score (nSPS) is 19.2. The molecule has 37 heavy (non-hydrogen) atoms. The highest BCUT2D eigenvalue weighted by Gasteiger charge is 2.53. The topological polar surface area (TPSA) is 166 Å². The Morgan fingerprint density at radius 2 is 2.16 bits per heavy atom. The molecule has 0 aromatic carbocycles. The van der Waals surface area contributed by atoms with Crippen LogP contribution in [0.1, 0.15) is 19.0 Å². The average molecular weight is 564 g/mol. The lowest BCUT2D eigenvalue weighted by Gasteiger charge is -2.50. The van der Waals surface area contributed by atoms with Crippen molar-refractivity contribution in [1.82, 2.24) is 15.2 Å². The van der Waals surface area contributed by atoms with E-state index in [1.165, 1.54) is 35.5 Å². The van der Waals surface area contributed by atoms with Gasteiger partial charge in [-0.25, -0.2) is 4.98 Å². The maximum atomic E-state index is 13.0. The third-order valence-corrected chi connectivity index (χ3v) is 8.56. The minimum absolute atomic E-state index is 0.135. The molecule has 4 rings (SSSR count). The lowest BCUT2D eigenvalue weighted by Crippen LogP contribution is -2.71. The number of β-lactam (4-membered cyclic amide) rings is 1. The molecule has 4 heterocycles. The van der Waals surface area contributed by atoms with Crippen LogP contribution in [-0.4, -0.2) is 70.0 Å². The number of carbonyl (C=O) groups excluding carboxylic acids is 3. The first-order valence-electron chi connectivity index (χ1n) is 11.2. The van der Waals surface area contributed by atoms with E-state index in [4.69, 9.17) is 10.6 Å². The maximum Gasteiger partial charge on any atom is 0.276 e. The fourth-order valence-electron chi connectivity index (χ4n) is 3.71. The smallest absolute Gasteiger partial charge is 0.276 e. The first kappa shape index (κ1) is 26.8. The number of rotatable bonds is 11. The molecule has 4 N–H and O–H groups in total. The zero-order chi connectivity index (χ0) is 26.5. The molecule has 0 spiro atoms. The number of aliphatic carboxylic acids is 1. The summed E-state index contributed by atoms with van der Waals surface area (Å²) in [7, 11) is 1.28. The minimum atomic E-state index is -1.42. The molecule has 2 aromatic heterocycles. The molecule has 0 radical (unpaired) electrons. The van der Waals surface area contributed by atoms with Crippen LogP contribution >= 0.6 is 34.9 Å². The highest BCUT2D eigenvalue weighted by atomic mass is 32.2. The average Bonchev–Trinajstić information content (AvgIpc) is 3.33. The van der Waals surface area contributed by atoms with Crippen LogP contribution in [0.5, 0.6) is 0 Å². The lowest BCUT2D eigenvalue weighted by atomic mass is 10.0. The minimum Gasteiger partial charge on any atom is -0.543 e. The van der Waals surface area contributed by atoms with Crippen molar-refractivity contribution in [3.8, 4) is 0 Å². The number of hydrogen-bond acceptors (Lipinski definition) is 12. The van der Waals surface area contributed by atoms with Crippen molar-refractivity contribution in [1.29, 1.82) is 0 Å². The van der Waals surface area contributed by atoms with E-state index in [9.17, 15) is 19.5 Å². The van der Waals surface area contributed by atoms with Crippen LogP contribution in [-0.2, 0) is 19.2 Å². The Labute approximate surface area is 225 Å². The molecule has 1 unspecified atom stereocenters. The number of nitrogens with zero attached hydrogens (tertiary/aromatic N) is 4. The maximum absolute atomic E-state index is 13.0. The van der Waals surface area contributed by atoms with Gasteiger partial charge < -0.3 is 25.8 Å². The molecule has 1 fully saturated rings. The molecule has 0 aliphatic carbocycles. The van der Waals surface area contributed by atoms with Gasteiger partial charge in [0, 0.05) is 33.9 Å².